The molecule has 1 aliphatic rings. The molecule has 2 aromatic rings. The quantitative estimate of drug-likeness (QED) is 0.927. The van der Waals surface area contributed by atoms with Gasteiger partial charge in [0.25, 0.3) is 0 Å². The molecule has 1 N–H and O–H groups in total. The number of aryl methyl sites for hydroxylation is 2. The minimum atomic E-state index is 0.607. The van der Waals surface area contributed by atoms with Gasteiger partial charge in [0.05, 0.1) is 6.54 Å². The number of hydrogen-bond donors (Lipinski definition) is 1. The molecule has 0 aromatic carbocycles. The second-order valence-corrected chi connectivity index (χ2v) is 5.51. The van der Waals surface area contributed by atoms with Crippen LogP contribution in [0.3, 0.4) is 0 Å². The van der Waals surface area contributed by atoms with Crippen LogP contribution in [0.25, 0.3) is 11.4 Å². The van der Waals surface area contributed by atoms with Gasteiger partial charge in [-0.3, -0.25) is 4.98 Å². The number of nitrogens with one attached hydrogen (secondary N) is 1. The fourth-order valence-corrected chi connectivity index (χ4v) is 2.77. The summed E-state index contributed by atoms with van der Waals surface area (Å²) in [6.07, 6.45) is 5.15. The van der Waals surface area contributed by atoms with Gasteiger partial charge in [0.2, 0.25) is 11.7 Å². The van der Waals surface area contributed by atoms with E-state index in [0.29, 0.717) is 24.3 Å². The Morgan fingerprint density at radius 2 is 1.85 bits per heavy atom. The average molecular weight is 272 g/mol. The number of aromatic nitrogens is 3. The van der Waals surface area contributed by atoms with Crippen LogP contribution in [0.1, 0.15) is 43.0 Å². The van der Waals surface area contributed by atoms with Gasteiger partial charge in [-0.15, -0.1) is 0 Å². The minimum absolute atomic E-state index is 0.607. The van der Waals surface area contributed by atoms with Crippen LogP contribution >= 0.6 is 0 Å². The lowest BCUT2D eigenvalue weighted by Crippen LogP contribution is -2.25. The van der Waals surface area contributed by atoms with Crippen molar-refractivity contribution >= 4 is 0 Å². The Morgan fingerprint density at radius 1 is 1.15 bits per heavy atom. The number of rotatable bonds is 4. The molecule has 1 saturated carbocycles. The second kappa shape index (κ2) is 5.71. The summed E-state index contributed by atoms with van der Waals surface area (Å²) < 4.78 is 5.31. The van der Waals surface area contributed by atoms with Crippen molar-refractivity contribution in [3.05, 3.63) is 29.4 Å². The molecule has 0 amide bonds. The molecule has 1 aliphatic carbocycles. The van der Waals surface area contributed by atoms with E-state index in [1.807, 2.05) is 26.0 Å². The van der Waals surface area contributed by atoms with E-state index in [2.05, 4.69) is 20.4 Å². The fraction of sp³-hybridized carbons (Fsp3) is 0.533. The maximum Gasteiger partial charge on any atom is 0.240 e. The third-order valence-corrected chi connectivity index (χ3v) is 3.70. The van der Waals surface area contributed by atoms with E-state index in [1.165, 1.54) is 25.7 Å². The molecule has 5 nitrogen and oxygen atoms in total. The van der Waals surface area contributed by atoms with Crippen molar-refractivity contribution in [2.75, 3.05) is 0 Å². The van der Waals surface area contributed by atoms with Crippen molar-refractivity contribution in [1.82, 2.24) is 20.4 Å². The molecule has 0 radical (unpaired) electrons. The van der Waals surface area contributed by atoms with E-state index in [0.717, 1.165) is 17.0 Å². The first kappa shape index (κ1) is 13.2. The summed E-state index contributed by atoms with van der Waals surface area (Å²) in [5.74, 6) is 1.29. The van der Waals surface area contributed by atoms with Crippen molar-refractivity contribution in [2.45, 2.75) is 52.1 Å². The highest BCUT2D eigenvalue weighted by molar-refractivity contribution is 5.55. The summed E-state index contributed by atoms with van der Waals surface area (Å²) in [5.41, 5.74) is 2.90. The summed E-state index contributed by atoms with van der Waals surface area (Å²) in [6, 6.07) is 4.56. The molecule has 1 fully saturated rings. The van der Waals surface area contributed by atoms with E-state index < -0.39 is 0 Å². The Labute approximate surface area is 118 Å². The molecular weight excluding hydrogens is 252 g/mol. The highest BCUT2D eigenvalue weighted by atomic mass is 16.5. The average Bonchev–Trinajstić information content (AvgIpc) is 3.07. The largest absolute Gasteiger partial charge is 0.338 e. The van der Waals surface area contributed by atoms with Gasteiger partial charge in [-0.25, -0.2) is 0 Å². The van der Waals surface area contributed by atoms with Crippen LogP contribution in [0.2, 0.25) is 0 Å². The molecule has 0 aliphatic heterocycles. The van der Waals surface area contributed by atoms with Gasteiger partial charge >= 0.3 is 0 Å². The Kier molecular flexibility index (Phi) is 3.78. The number of hydrogen-bond acceptors (Lipinski definition) is 5. The second-order valence-electron chi connectivity index (χ2n) is 5.51. The molecular formula is C15H20N4O. The Morgan fingerprint density at radius 3 is 2.55 bits per heavy atom. The zero-order valence-electron chi connectivity index (χ0n) is 12.0. The summed E-state index contributed by atoms with van der Waals surface area (Å²) in [4.78, 5) is 8.81. The lowest BCUT2D eigenvalue weighted by Gasteiger charge is -2.08. The minimum Gasteiger partial charge on any atom is -0.338 e. The topological polar surface area (TPSA) is 63.8 Å². The highest BCUT2D eigenvalue weighted by Crippen LogP contribution is 2.19. The van der Waals surface area contributed by atoms with E-state index in [-0.39, 0.29) is 0 Å². The molecule has 106 valence electrons. The maximum absolute atomic E-state index is 5.31. The first-order valence-corrected chi connectivity index (χ1v) is 7.22. The van der Waals surface area contributed by atoms with Gasteiger partial charge in [-0.2, -0.15) is 4.98 Å². The van der Waals surface area contributed by atoms with Crippen molar-refractivity contribution < 1.29 is 4.52 Å². The van der Waals surface area contributed by atoms with Gasteiger partial charge in [0.15, 0.2) is 0 Å². The standard InChI is InChI=1S/C15H20N4O/c1-10-7-12(8-11(2)17-10)15-18-14(20-19-15)9-16-13-5-3-4-6-13/h7-8,13,16H,3-6,9H2,1-2H3. The molecule has 5 heteroatoms. The summed E-state index contributed by atoms with van der Waals surface area (Å²) in [6.45, 7) is 4.60. The van der Waals surface area contributed by atoms with Crippen LogP contribution in [-0.4, -0.2) is 21.2 Å². The molecule has 0 saturated heterocycles. The lowest BCUT2D eigenvalue weighted by molar-refractivity contribution is 0.357. The zero-order chi connectivity index (χ0) is 13.9. The monoisotopic (exact) mass is 272 g/mol. The summed E-state index contributed by atoms with van der Waals surface area (Å²) in [7, 11) is 0. The third kappa shape index (κ3) is 3.04. The highest BCUT2D eigenvalue weighted by Gasteiger charge is 2.16. The predicted molar refractivity (Wildman–Crippen MR) is 76.1 cm³/mol. The molecule has 20 heavy (non-hydrogen) atoms. The summed E-state index contributed by atoms with van der Waals surface area (Å²) in [5, 5.41) is 7.54. The normalized spacial score (nSPS) is 15.9. The molecule has 2 heterocycles. The molecule has 0 unspecified atom stereocenters. The van der Waals surface area contributed by atoms with Crippen molar-refractivity contribution in [2.24, 2.45) is 0 Å². The van der Waals surface area contributed by atoms with E-state index in [1.54, 1.807) is 0 Å². The molecule has 0 bridgehead atoms. The van der Waals surface area contributed by atoms with Gasteiger partial charge < -0.3 is 9.84 Å². The van der Waals surface area contributed by atoms with Crippen LogP contribution in [0.15, 0.2) is 16.7 Å². The fourth-order valence-electron chi connectivity index (χ4n) is 2.77. The van der Waals surface area contributed by atoms with Crippen LogP contribution in [0, 0.1) is 13.8 Å². The van der Waals surface area contributed by atoms with Crippen LogP contribution in [0.5, 0.6) is 0 Å². The van der Waals surface area contributed by atoms with Gasteiger partial charge in [-0.05, 0) is 38.8 Å². The zero-order valence-corrected chi connectivity index (χ0v) is 12.0. The Balaban J connectivity index is 1.69. The Bertz CT molecular complexity index is 567. The SMILES string of the molecule is Cc1cc(-c2noc(CNC3CCCC3)n2)cc(C)n1. The van der Waals surface area contributed by atoms with Crippen molar-refractivity contribution in [1.29, 1.82) is 0 Å². The van der Waals surface area contributed by atoms with Gasteiger partial charge in [0.1, 0.15) is 0 Å². The lowest BCUT2D eigenvalue weighted by atomic mass is 10.2. The molecule has 2 aromatic heterocycles. The summed E-state index contributed by atoms with van der Waals surface area (Å²) >= 11 is 0. The van der Waals surface area contributed by atoms with Gasteiger partial charge in [0, 0.05) is 23.0 Å². The third-order valence-electron chi connectivity index (χ3n) is 3.70. The van der Waals surface area contributed by atoms with Crippen LogP contribution < -0.4 is 5.32 Å². The Hall–Kier alpha value is -1.75. The first-order chi connectivity index (χ1) is 9.70. The first-order valence-electron chi connectivity index (χ1n) is 7.22. The smallest absolute Gasteiger partial charge is 0.240 e. The predicted octanol–water partition coefficient (Wildman–Crippen LogP) is 2.78. The van der Waals surface area contributed by atoms with Crippen LogP contribution in [0.4, 0.5) is 0 Å². The number of pyridine rings is 1. The molecule has 0 spiro atoms. The molecule has 0 atom stereocenters. The van der Waals surface area contributed by atoms with E-state index in [4.69, 9.17) is 4.52 Å². The number of nitrogens with zero attached hydrogens (tertiary/aromatic N) is 3. The van der Waals surface area contributed by atoms with Gasteiger partial charge in [-0.1, -0.05) is 18.0 Å². The van der Waals surface area contributed by atoms with Crippen LogP contribution in [-0.2, 0) is 6.54 Å². The van der Waals surface area contributed by atoms with Crippen molar-refractivity contribution in [3.63, 3.8) is 0 Å². The van der Waals surface area contributed by atoms with E-state index in [9.17, 15) is 0 Å². The maximum atomic E-state index is 5.31. The van der Waals surface area contributed by atoms with Crippen molar-refractivity contribution in [3.8, 4) is 11.4 Å². The molecule has 3 rings (SSSR count). The van der Waals surface area contributed by atoms with E-state index >= 15 is 0 Å².